The minimum atomic E-state index is -1.30. The summed E-state index contributed by atoms with van der Waals surface area (Å²) in [5, 5.41) is 0. The highest BCUT2D eigenvalue weighted by Crippen LogP contribution is 2.35. The van der Waals surface area contributed by atoms with Crippen LogP contribution in [0, 0.1) is 23.3 Å². The molecule has 0 aromatic heterocycles. The Balaban J connectivity index is 1.85. The number of unbranched alkanes of at least 4 members (excludes halogenated alkanes) is 1. The van der Waals surface area contributed by atoms with Crippen LogP contribution >= 0.6 is 0 Å². The molecular formula is C26H23F5O. The van der Waals surface area contributed by atoms with E-state index in [0.717, 1.165) is 24.5 Å². The van der Waals surface area contributed by atoms with E-state index in [9.17, 15) is 22.0 Å². The predicted octanol–water partition coefficient (Wildman–Crippen LogP) is 8.17. The monoisotopic (exact) mass is 446 g/mol. The molecule has 0 spiro atoms. The molecule has 6 heteroatoms. The molecule has 32 heavy (non-hydrogen) atoms. The van der Waals surface area contributed by atoms with Crippen LogP contribution in [0.4, 0.5) is 22.0 Å². The first kappa shape index (κ1) is 23.5. The molecule has 0 fully saturated rings. The first-order valence-corrected chi connectivity index (χ1v) is 10.3. The second-order valence-electron chi connectivity index (χ2n) is 7.34. The molecule has 0 N–H and O–H groups in total. The normalized spacial score (nSPS) is 11.7. The third kappa shape index (κ3) is 5.18. The summed E-state index contributed by atoms with van der Waals surface area (Å²) in [5.74, 6) is -5.46. The fourth-order valence-corrected chi connectivity index (χ4v) is 3.45. The molecule has 0 bridgehead atoms. The minimum absolute atomic E-state index is 0.0144. The Morgan fingerprint density at radius 3 is 1.97 bits per heavy atom. The molecule has 1 nitrogen and oxygen atoms in total. The highest BCUT2D eigenvalue weighted by atomic mass is 19.2. The highest BCUT2D eigenvalue weighted by molar-refractivity contribution is 5.72. The van der Waals surface area contributed by atoms with Crippen molar-refractivity contribution in [3.63, 3.8) is 0 Å². The number of rotatable bonds is 8. The molecule has 0 aliphatic carbocycles. The van der Waals surface area contributed by atoms with Crippen molar-refractivity contribution in [1.29, 1.82) is 0 Å². The summed E-state index contributed by atoms with van der Waals surface area (Å²) >= 11 is 0. The van der Waals surface area contributed by atoms with Crippen LogP contribution < -0.4 is 4.74 Å². The largest absolute Gasteiger partial charge is 0.491 e. The summed E-state index contributed by atoms with van der Waals surface area (Å²) in [4.78, 5) is 0. The zero-order valence-electron chi connectivity index (χ0n) is 17.8. The number of benzene rings is 3. The van der Waals surface area contributed by atoms with Crippen LogP contribution in [0.25, 0.3) is 22.3 Å². The molecule has 0 saturated carbocycles. The average Bonchev–Trinajstić information content (AvgIpc) is 2.77. The van der Waals surface area contributed by atoms with Crippen LogP contribution in [0.5, 0.6) is 5.75 Å². The molecule has 168 valence electrons. The summed E-state index contributed by atoms with van der Waals surface area (Å²) < 4.78 is 76.0. The van der Waals surface area contributed by atoms with Gasteiger partial charge in [-0.2, -0.15) is 4.39 Å². The molecule has 0 atom stereocenters. The molecule has 0 heterocycles. The van der Waals surface area contributed by atoms with Crippen molar-refractivity contribution in [2.45, 2.75) is 33.1 Å². The van der Waals surface area contributed by atoms with Gasteiger partial charge in [0, 0.05) is 16.7 Å². The maximum atomic E-state index is 14.8. The first-order valence-electron chi connectivity index (χ1n) is 10.3. The molecular weight excluding hydrogens is 423 g/mol. The lowest BCUT2D eigenvalue weighted by Gasteiger charge is -2.12. The SMILES string of the molecule is CCOc1ccc(-c2ccc(-c3ccc(CCC/C=C(/C)F)cc3)c(F)c2F)c(F)c1F. The molecule has 3 aromatic carbocycles. The van der Waals surface area contributed by atoms with Gasteiger partial charge in [-0.25, -0.2) is 17.6 Å². The number of halogens is 5. The number of aryl methyl sites for hydroxylation is 1. The molecule has 3 rings (SSSR count). The van der Waals surface area contributed by atoms with E-state index in [1.807, 2.05) is 0 Å². The van der Waals surface area contributed by atoms with Gasteiger partial charge < -0.3 is 4.74 Å². The summed E-state index contributed by atoms with van der Waals surface area (Å²) in [5.41, 5.74) is 0.693. The van der Waals surface area contributed by atoms with Gasteiger partial charge in [-0.15, -0.1) is 0 Å². The Kier molecular flexibility index (Phi) is 7.67. The van der Waals surface area contributed by atoms with E-state index in [1.165, 1.54) is 31.2 Å². The fraction of sp³-hybridized carbons (Fsp3) is 0.231. The Morgan fingerprint density at radius 2 is 1.34 bits per heavy atom. The van der Waals surface area contributed by atoms with Crippen molar-refractivity contribution >= 4 is 0 Å². The zero-order chi connectivity index (χ0) is 23.3. The Hall–Kier alpha value is -3.15. The number of hydrogen-bond donors (Lipinski definition) is 0. The molecule has 0 radical (unpaired) electrons. The van der Waals surface area contributed by atoms with Crippen LogP contribution in [0.1, 0.15) is 32.3 Å². The van der Waals surface area contributed by atoms with Crippen LogP contribution in [-0.2, 0) is 6.42 Å². The Bertz CT molecular complexity index is 1120. The molecule has 0 saturated heterocycles. The third-order valence-electron chi connectivity index (χ3n) is 5.08. The second-order valence-corrected chi connectivity index (χ2v) is 7.34. The third-order valence-corrected chi connectivity index (χ3v) is 5.08. The maximum Gasteiger partial charge on any atom is 0.201 e. The number of hydrogen-bond acceptors (Lipinski definition) is 1. The van der Waals surface area contributed by atoms with Gasteiger partial charge in [-0.05, 0) is 56.4 Å². The maximum absolute atomic E-state index is 14.8. The van der Waals surface area contributed by atoms with Crippen LogP contribution in [0.2, 0.25) is 0 Å². The highest BCUT2D eigenvalue weighted by Gasteiger charge is 2.21. The van der Waals surface area contributed by atoms with E-state index in [0.29, 0.717) is 12.0 Å². The summed E-state index contributed by atoms with van der Waals surface area (Å²) in [6, 6.07) is 11.8. The zero-order valence-corrected chi connectivity index (χ0v) is 17.8. The van der Waals surface area contributed by atoms with Gasteiger partial charge >= 0.3 is 0 Å². The molecule has 0 amide bonds. The van der Waals surface area contributed by atoms with E-state index in [1.54, 1.807) is 31.2 Å². The van der Waals surface area contributed by atoms with Crippen LogP contribution in [0.15, 0.2) is 60.4 Å². The quantitative estimate of drug-likeness (QED) is 0.250. The van der Waals surface area contributed by atoms with Gasteiger partial charge in [-0.1, -0.05) is 42.5 Å². The van der Waals surface area contributed by atoms with E-state index in [-0.39, 0.29) is 34.9 Å². The Morgan fingerprint density at radius 1 is 0.781 bits per heavy atom. The van der Waals surface area contributed by atoms with Crippen LogP contribution in [-0.4, -0.2) is 6.61 Å². The topological polar surface area (TPSA) is 9.23 Å². The van der Waals surface area contributed by atoms with E-state index in [2.05, 4.69) is 0 Å². The summed E-state index contributed by atoms with van der Waals surface area (Å²) in [6.45, 7) is 3.16. The molecule has 0 unspecified atom stereocenters. The van der Waals surface area contributed by atoms with E-state index < -0.39 is 23.3 Å². The molecule has 0 aliphatic rings. The average molecular weight is 446 g/mol. The van der Waals surface area contributed by atoms with Crippen molar-refractivity contribution in [2.24, 2.45) is 0 Å². The smallest absolute Gasteiger partial charge is 0.201 e. The van der Waals surface area contributed by atoms with Crippen molar-refractivity contribution in [2.75, 3.05) is 6.61 Å². The van der Waals surface area contributed by atoms with E-state index in [4.69, 9.17) is 4.74 Å². The predicted molar refractivity (Wildman–Crippen MR) is 116 cm³/mol. The fourth-order valence-electron chi connectivity index (χ4n) is 3.45. The van der Waals surface area contributed by atoms with Gasteiger partial charge in [0.1, 0.15) is 0 Å². The summed E-state index contributed by atoms with van der Waals surface area (Å²) in [7, 11) is 0. The number of ether oxygens (including phenoxy) is 1. The van der Waals surface area contributed by atoms with Crippen molar-refractivity contribution in [3.05, 3.63) is 89.3 Å². The van der Waals surface area contributed by atoms with Gasteiger partial charge in [-0.3, -0.25) is 0 Å². The molecule has 0 aliphatic heterocycles. The summed E-state index contributed by atoms with van der Waals surface area (Å²) in [6.07, 6.45) is 3.63. The standard InChI is InChI=1S/C26H23F5O/c1-3-32-22-15-14-21(25(30)26(22)31)20-13-12-19(23(28)24(20)29)18-10-8-17(9-11-18)7-5-4-6-16(2)27/h6,8-15H,3-5,7H2,1-2H3/b16-6-. The Labute approximate surface area is 184 Å². The lowest BCUT2D eigenvalue weighted by atomic mass is 9.97. The number of allylic oxidation sites excluding steroid dienone is 2. The van der Waals surface area contributed by atoms with Gasteiger partial charge in [0.25, 0.3) is 0 Å². The van der Waals surface area contributed by atoms with E-state index >= 15 is 0 Å². The minimum Gasteiger partial charge on any atom is -0.491 e. The van der Waals surface area contributed by atoms with Gasteiger partial charge in [0.05, 0.1) is 12.4 Å². The van der Waals surface area contributed by atoms with Crippen molar-refractivity contribution in [3.8, 4) is 28.0 Å². The van der Waals surface area contributed by atoms with Gasteiger partial charge in [0.15, 0.2) is 23.2 Å². The van der Waals surface area contributed by atoms with Crippen molar-refractivity contribution < 1.29 is 26.7 Å². The van der Waals surface area contributed by atoms with Gasteiger partial charge in [0.2, 0.25) is 5.82 Å². The van der Waals surface area contributed by atoms with Crippen LogP contribution in [0.3, 0.4) is 0 Å². The lowest BCUT2D eigenvalue weighted by Crippen LogP contribution is -2.00. The molecule has 3 aromatic rings. The lowest BCUT2D eigenvalue weighted by molar-refractivity contribution is 0.314. The first-order chi connectivity index (χ1) is 15.3. The second kappa shape index (κ2) is 10.4. The van der Waals surface area contributed by atoms with Crippen molar-refractivity contribution in [1.82, 2.24) is 0 Å².